The molecule has 1 heterocycles. The normalized spacial score (nSPS) is 29.8. The lowest BCUT2D eigenvalue weighted by atomic mass is 10.1. The Bertz CT molecular complexity index is 185. The van der Waals surface area contributed by atoms with E-state index in [2.05, 4.69) is 12.2 Å². The van der Waals surface area contributed by atoms with E-state index in [0.29, 0.717) is 5.92 Å². The average Bonchev–Trinajstić information content (AvgIpc) is 2.35. The van der Waals surface area contributed by atoms with Crippen LogP contribution in [-0.2, 0) is 0 Å². The Morgan fingerprint density at radius 2 is 2.07 bits per heavy atom. The van der Waals surface area contributed by atoms with Gasteiger partial charge in [-0.05, 0) is 32.9 Å². The molecule has 0 spiro atoms. The van der Waals surface area contributed by atoms with Crippen molar-refractivity contribution >= 4 is 0 Å². The van der Waals surface area contributed by atoms with Gasteiger partial charge in [-0.1, -0.05) is 6.92 Å². The van der Waals surface area contributed by atoms with Crippen LogP contribution in [0.5, 0.6) is 0 Å². The van der Waals surface area contributed by atoms with Crippen molar-refractivity contribution in [1.82, 2.24) is 10.2 Å². The van der Waals surface area contributed by atoms with Crippen LogP contribution in [-0.4, -0.2) is 43.5 Å². The molecular weight excluding hydrogens is 186 g/mol. The molecule has 0 amide bonds. The number of nitrogens with one attached hydrogen (secondary N) is 1. The second-order valence-electron chi connectivity index (χ2n) is 4.36. The number of alkyl halides is 2. The monoisotopic (exact) mass is 206 g/mol. The van der Waals surface area contributed by atoms with Crippen molar-refractivity contribution in [2.24, 2.45) is 5.92 Å². The molecule has 0 aromatic rings. The minimum Gasteiger partial charge on any atom is -0.314 e. The zero-order valence-electron chi connectivity index (χ0n) is 9.19. The number of halogens is 2. The summed E-state index contributed by atoms with van der Waals surface area (Å²) in [5.74, 6) is -2.06. The zero-order valence-corrected chi connectivity index (χ0v) is 9.19. The third kappa shape index (κ3) is 2.89. The predicted molar refractivity (Wildman–Crippen MR) is 53.7 cm³/mol. The van der Waals surface area contributed by atoms with Crippen LogP contribution in [0.4, 0.5) is 8.78 Å². The van der Waals surface area contributed by atoms with Crippen molar-refractivity contribution in [2.45, 2.75) is 32.2 Å². The summed E-state index contributed by atoms with van der Waals surface area (Å²) in [6.45, 7) is 4.62. The first kappa shape index (κ1) is 11.9. The van der Waals surface area contributed by atoms with E-state index in [1.54, 1.807) is 7.05 Å². The van der Waals surface area contributed by atoms with Gasteiger partial charge in [0.15, 0.2) is 0 Å². The van der Waals surface area contributed by atoms with Crippen molar-refractivity contribution in [3.05, 3.63) is 0 Å². The zero-order chi connectivity index (χ0) is 10.8. The summed E-state index contributed by atoms with van der Waals surface area (Å²) in [4.78, 5) is 1.89. The number of rotatable bonds is 4. The van der Waals surface area contributed by atoms with E-state index in [-0.39, 0.29) is 19.1 Å². The molecule has 1 aliphatic heterocycles. The first-order chi connectivity index (χ1) is 6.46. The van der Waals surface area contributed by atoms with Crippen LogP contribution >= 0.6 is 0 Å². The van der Waals surface area contributed by atoms with E-state index in [1.165, 1.54) is 0 Å². The standard InChI is InChI=1S/C10H20F2N2/c1-8-4-5-14(9(8)2)7-10(11,12)6-13-3/h8-9,13H,4-7H2,1-3H3. The smallest absolute Gasteiger partial charge is 0.272 e. The molecule has 1 rings (SSSR count). The van der Waals surface area contributed by atoms with Gasteiger partial charge in [-0.15, -0.1) is 0 Å². The summed E-state index contributed by atoms with van der Waals surface area (Å²) < 4.78 is 26.5. The SMILES string of the molecule is CNCC(F)(F)CN1CCC(C)C1C. The molecule has 2 unspecified atom stereocenters. The lowest BCUT2D eigenvalue weighted by Gasteiger charge is -2.27. The van der Waals surface area contributed by atoms with Crippen LogP contribution in [0.2, 0.25) is 0 Å². The lowest BCUT2D eigenvalue weighted by molar-refractivity contribution is -0.0321. The first-order valence-corrected chi connectivity index (χ1v) is 5.23. The van der Waals surface area contributed by atoms with Crippen LogP contribution < -0.4 is 5.32 Å². The van der Waals surface area contributed by atoms with Crippen molar-refractivity contribution in [3.8, 4) is 0 Å². The fraction of sp³-hybridized carbons (Fsp3) is 1.00. The quantitative estimate of drug-likeness (QED) is 0.751. The van der Waals surface area contributed by atoms with Gasteiger partial charge in [0.05, 0.1) is 13.1 Å². The van der Waals surface area contributed by atoms with Gasteiger partial charge in [0, 0.05) is 6.04 Å². The number of nitrogens with zero attached hydrogens (tertiary/aromatic N) is 1. The van der Waals surface area contributed by atoms with Gasteiger partial charge in [-0.3, -0.25) is 4.90 Å². The number of hydrogen-bond donors (Lipinski definition) is 1. The third-order valence-corrected chi connectivity index (χ3v) is 3.14. The van der Waals surface area contributed by atoms with E-state index in [9.17, 15) is 8.78 Å². The maximum Gasteiger partial charge on any atom is 0.272 e. The second-order valence-corrected chi connectivity index (χ2v) is 4.36. The molecular formula is C10H20F2N2. The molecule has 84 valence electrons. The molecule has 0 aromatic heterocycles. The highest BCUT2D eigenvalue weighted by molar-refractivity contribution is 4.85. The van der Waals surface area contributed by atoms with Crippen LogP contribution in [0.3, 0.4) is 0 Å². The van der Waals surface area contributed by atoms with Gasteiger partial charge in [-0.25, -0.2) is 8.78 Å². The maximum absolute atomic E-state index is 13.3. The summed E-state index contributed by atoms with van der Waals surface area (Å²) in [6.07, 6.45) is 1.04. The number of hydrogen-bond acceptors (Lipinski definition) is 2. The van der Waals surface area contributed by atoms with E-state index in [0.717, 1.165) is 13.0 Å². The highest BCUT2D eigenvalue weighted by Gasteiger charge is 2.36. The van der Waals surface area contributed by atoms with E-state index >= 15 is 0 Å². The topological polar surface area (TPSA) is 15.3 Å². The maximum atomic E-state index is 13.3. The molecule has 0 bridgehead atoms. The van der Waals surface area contributed by atoms with Crippen molar-refractivity contribution in [2.75, 3.05) is 26.7 Å². The molecule has 0 saturated carbocycles. The predicted octanol–water partition coefficient (Wildman–Crippen LogP) is 1.57. The minimum atomic E-state index is -2.60. The third-order valence-electron chi connectivity index (χ3n) is 3.14. The summed E-state index contributed by atoms with van der Waals surface area (Å²) >= 11 is 0. The van der Waals surface area contributed by atoms with Crippen molar-refractivity contribution in [1.29, 1.82) is 0 Å². The molecule has 0 radical (unpaired) electrons. The van der Waals surface area contributed by atoms with Gasteiger partial charge in [0.25, 0.3) is 5.92 Å². The number of likely N-dealkylation sites (tertiary alicyclic amines) is 1. The Balaban J connectivity index is 2.44. The second kappa shape index (κ2) is 4.53. The molecule has 1 N–H and O–H groups in total. The van der Waals surface area contributed by atoms with Gasteiger partial charge >= 0.3 is 0 Å². The molecule has 1 fully saturated rings. The largest absolute Gasteiger partial charge is 0.314 e. The van der Waals surface area contributed by atoms with Gasteiger partial charge < -0.3 is 5.32 Å². The fourth-order valence-corrected chi connectivity index (χ4v) is 2.01. The minimum absolute atomic E-state index is 0.112. The summed E-state index contributed by atoms with van der Waals surface area (Å²) in [5.41, 5.74) is 0. The molecule has 0 aromatic carbocycles. The van der Waals surface area contributed by atoms with E-state index in [4.69, 9.17) is 0 Å². The molecule has 2 nitrogen and oxygen atoms in total. The molecule has 14 heavy (non-hydrogen) atoms. The van der Waals surface area contributed by atoms with E-state index < -0.39 is 5.92 Å². The Kier molecular flexibility index (Phi) is 3.84. The Morgan fingerprint density at radius 1 is 1.43 bits per heavy atom. The highest BCUT2D eigenvalue weighted by Crippen LogP contribution is 2.26. The average molecular weight is 206 g/mol. The Labute approximate surface area is 84.7 Å². The van der Waals surface area contributed by atoms with Crippen LogP contribution in [0, 0.1) is 5.92 Å². The van der Waals surface area contributed by atoms with Gasteiger partial charge in [0.1, 0.15) is 0 Å². The van der Waals surface area contributed by atoms with Crippen molar-refractivity contribution in [3.63, 3.8) is 0 Å². The summed E-state index contributed by atoms with van der Waals surface area (Å²) in [7, 11) is 1.56. The molecule has 0 aliphatic carbocycles. The highest BCUT2D eigenvalue weighted by atomic mass is 19.3. The summed E-state index contributed by atoms with van der Waals surface area (Å²) in [5, 5.41) is 2.53. The molecule has 2 atom stereocenters. The fourth-order valence-electron chi connectivity index (χ4n) is 2.01. The van der Waals surface area contributed by atoms with Crippen LogP contribution in [0.1, 0.15) is 20.3 Å². The lowest BCUT2D eigenvalue weighted by Crippen LogP contribution is -2.44. The van der Waals surface area contributed by atoms with Crippen molar-refractivity contribution < 1.29 is 8.78 Å². The molecule has 1 saturated heterocycles. The first-order valence-electron chi connectivity index (χ1n) is 5.23. The van der Waals surface area contributed by atoms with Crippen LogP contribution in [0.15, 0.2) is 0 Å². The summed E-state index contributed by atoms with van der Waals surface area (Å²) in [6, 6.07) is 0.290. The van der Waals surface area contributed by atoms with Gasteiger partial charge in [0.2, 0.25) is 0 Å². The Hall–Kier alpha value is -0.220. The van der Waals surface area contributed by atoms with E-state index in [1.807, 2.05) is 11.8 Å². The van der Waals surface area contributed by atoms with Crippen LogP contribution in [0.25, 0.3) is 0 Å². The van der Waals surface area contributed by atoms with Gasteiger partial charge in [-0.2, -0.15) is 0 Å². The molecule has 4 heteroatoms. The molecule has 1 aliphatic rings. The Morgan fingerprint density at radius 3 is 2.50 bits per heavy atom.